The summed E-state index contributed by atoms with van der Waals surface area (Å²) in [6.07, 6.45) is 2.58. The van der Waals surface area contributed by atoms with Crippen molar-refractivity contribution < 1.29 is 13.6 Å². The molecule has 164 valence electrons. The number of nitrogens with zero attached hydrogens (tertiary/aromatic N) is 2. The van der Waals surface area contributed by atoms with Gasteiger partial charge in [0.15, 0.2) is 0 Å². The highest BCUT2D eigenvalue weighted by Crippen LogP contribution is 2.19. The molecule has 0 bridgehead atoms. The molecule has 5 aromatic rings. The summed E-state index contributed by atoms with van der Waals surface area (Å²) in [5, 5.41) is 4.77. The molecular formula is C25H19N3O5. The van der Waals surface area contributed by atoms with E-state index in [1.54, 1.807) is 28.7 Å². The van der Waals surface area contributed by atoms with Gasteiger partial charge in [-0.3, -0.25) is 14.0 Å². The van der Waals surface area contributed by atoms with Crippen molar-refractivity contribution in [2.24, 2.45) is 5.10 Å². The summed E-state index contributed by atoms with van der Waals surface area (Å²) in [6.45, 7) is 5.65. The lowest BCUT2D eigenvalue weighted by molar-refractivity contribution is 0.0955. The Labute approximate surface area is 186 Å². The van der Waals surface area contributed by atoms with Gasteiger partial charge in [0.25, 0.3) is 5.91 Å². The number of amides is 1. The monoisotopic (exact) mass is 441 g/mol. The average molecular weight is 441 g/mol. The number of aryl methyl sites for hydroxylation is 3. The van der Waals surface area contributed by atoms with E-state index in [9.17, 15) is 14.4 Å². The topological polar surface area (TPSA) is 106 Å². The first-order valence-electron chi connectivity index (χ1n) is 10.2. The van der Waals surface area contributed by atoms with Crippen molar-refractivity contribution in [3.05, 3.63) is 97.3 Å². The molecule has 3 heterocycles. The number of carbonyl (C=O) groups excluding carboxylic acids is 1. The second-order valence-electron chi connectivity index (χ2n) is 7.94. The van der Waals surface area contributed by atoms with Gasteiger partial charge in [-0.15, -0.1) is 0 Å². The Bertz CT molecular complexity index is 1740. The van der Waals surface area contributed by atoms with Gasteiger partial charge in [-0.05, 0) is 62.2 Å². The van der Waals surface area contributed by atoms with Gasteiger partial charge < -0.3 is 8.83 Å². The first kappa shape index (κ1) is 20.4. The zero-order valence-electron chi connectivity index (χ0n) is 18.1. The molecule has 0 aliphatic rings. The minimum absolute atomic E-state index is 0.218. The smallest absolute Gasteiger partial charge is 0.346 e. The molecule has 0 aliphatic heterocycles. The average Bonchev–Trinajstić information content (AvgIpc) is 3.15. The van der Waals surface area contributed by atoms with E-state index in [2.05, 4.69) is 10.5 Å². The lowest BCUT2D eigenvalue weighted by Gasteiger charge is -2.06. The molecule has 0 saturated heterocycles. The molecule has 8 heteroatoms. The van der Waals surface area contributed by atoms with Crippen molar-refractivity contribution >= 4 is 39.7 Å². The van der Waals surface area contributed by atoms with Crippen LogP contribution in [0.3, 0.4) is 0 Å². The van der Waals surface area contributed by atoms with Crippen LogP contribution in [0, 0.1) is 20.8 Å². The van der Waals surface area contributed by atoms with E-state index in [4.69, 9.17) is 8.83 Å². The van der Waals surface area contributed by atoms with Crippen LogP contribution in [0.5, 0.6) is 0 Å². The van der Waals surface area contributed by atoms with E-state index in [1.807, 2.05) is 32.9 Å². The minimum Gasteiger partial charge on any atom is -0.463 e. The standard InChI is InChI=1S/C25H19N3O5/c1-13-8-14(2)22-20(9-13)32-12-17(23(22)29)11-26-27-24(30)16-5-6-18-19(10-16)28-15(3)4-7-21(28)33-25(18)31/h4-12H,1-3H3,(H,27,30)/b26-11+. The Morgan fingerprint density at radius 1 is 1.06 bits per heavy atom. The maximum Gasteiger partial charge on any atom is 0.346 e. The summed E-state index contributed by atoms with van der Waals surface area (Å²) in [5.74, 6) is -0.490. The van der Waals surface area contributed by atoms with Gasteiger partial charge in [0.1, 0.15) is 11.8 Å². The summed E-state index contributed by atoms with van der Waals surface area (Å²) in [5.41, 5.74) is 6.37. The van der Waals surface area contributed by atoms with Crippen LogP contribution < -0.4 is 16.5 Å². The maximum absolute atomic E-state index is 12.8. The molecule has 2 aromatic carbocycles. The summed E-state index contributed by atoms with van der Waals surface area (Å²) in [4.78, 5) is 37.7. The number of carbonyl (C=O) groups is 1. The van der Waals surface area contributed by atoms with Crippen molar-refractivity contribution in [3.63, 3.8) is 0 Å². The molecule has 0 spiro atoms. The van der Waals surface area contributed by atoms with E-state index in [1.165, 1.54) is 18.5 Å². The molecule has 33 heavy (non-hydrogen) atoms. The quantitative estimate of drug-likeness (QED) is 0.338. The molecule has 0 radical (unpaired) electrons. The first-order chi connectivity index (χ1) is 15.8. The maximum atomic E-state index is 12.8. The molecule has 0 aliphatic carbocycles. The third-order valence-corrected chi connectivity index (χ3v) is 5.57. The summed E-state index contributed by atoms with van der Waals surface area (Å²) in [6, 6.07) is 11.9. The highest BCUT2D eigenvalue weighted by atomic mass is 16.4. The first-order valence-corrected chi connectivity index (χ1v) is 10.2. The minimum atomic E-state index is -0.490. The molecule has 1 N–H and O–H groups in total. The predicted octanol–water partition coefficient (Wildman–Crippen LogP) is 3.84. The van der Waals surface area contributed by atoms with E-state index in [-0.39, 0.29) is 11.0 Å². The van der Waals surface area contributed by atoms with Gasteiger partial charge >= 0.3 is 5.63 Å². The van der Waals surface area contributed by atoms with Crippen LogP contribution in [0.2, 0.25) is 0 Å². The molecule has 0 unspecified atom stereocenters. The fourth-order valence-electron chi connectivity index (χ4n) is 4.04. The van der Waals surface area contributed by atoms with Crippen molar-refractivity contribution in [2.75, 3.05) is 0 Å². The molecular weight excluding hydrogens is 422 g/mol. The molecule has 5 rings (SSSR count). The Hall–Kier alpha value is -4.46. The van der Waals surface area contributed by atoms with Gasteiger partial charge in [-0.25, -0.2) is 10.2 Å². The summed E-state index contributed by atoms with van der Waals surface area (Å²) < 4.78 is 12.7. The predicted molar refractivity (Wildman–Crippen MR) is 125 cm³/mol. The van der Waals surface area contributed by atoms with Crippen LogP contribution in [0.1, 0.15) is 32.7 Å². The van der Waals surface area contributed by atoms with Crippen LogP contribution in [0.25, 0.3) is 27.6 Å². The fraction of sp³-hybridized carbons (Fsp3) is 0.120. The van der Waals surface area contributed by atoms with Crippen molar-refractivity contribution in [2.45, 2.75) is 20.8 Å². The Balaban J connectivity index is 1.46. The molecule has 3 aromatic heterocycles. The largest absolute Gasteiger partial charge is 0.463 e. The number of benzene rings is 2. The normalized spacial score (nSPS) is 11.7. The van der Waals surface area contributed by atoms with Gasteiger partial charge in [0.2, 0.25) is 11.1 Å². The van der Waals surface area contributed by atoms with E-state index in [0.717, 1.165) is 16.8 Å². The van der Waals surface area contributed by atoms with E-state index in [0.29, 0.717) is 33.1 Å². The van der Waals surface area contributed by atoms with E-state index >= 15 is 0 Å². The van der Waals surface area contributed by atoms with Crippen LogP contribution in [-0.2, 0) is 0 Å². The van der Waals surface area contributed by atoms with Crippen LogP contribution in [0.15, 0.2) is 72.3 Å². The lowest BCUT2D eigenvalue weighted by atomic mass is 10.1. The van der Waals surface area contributed by atoms with Gasteiger partial charge in [0, 0.05) is 17.3 Å². The van der Waals surface area contributed by atoms with Crippen LogP contribution in [-0.4, -0.2) is 16.5 Å². The number of fused-ring (bicyclic) bond motifs is 4. The zero-order chi connectivity index (χ0) is 23.3. The Kier molecular flexibility index (Phi) is 4.70. The third kappa shape index (κ3) is 3.41. The molecule has 8 nitrogen and oxygen atoms in total. The Morgan fingerprint density at radius 3 is 2.70 bits per heavy atom. The summed E-state index contributed by atoms with van der Waals surface area (Å²) in [7, 11) is 0. The number of rotatable bonds is 3. The number of hydrogen-bond acceptors (Lipinski definition) is 6. The van der Waals surface area contributed by atoms with Gasteiger partial charge in [0.05, 0.1) is 28.1 Å². The zero-order valence-corrected chi connectivity index (χ0v) is 18.1. The second kappa shape index (κ2) is 7.59. The van der Waals surface area contributed by atoms with Gasteiger partial charge in [-0.2, -0.15) is 5.10 Å². The van der Waals surface area contributed by atoms with Crippen LogP contribution >= 0.6 is 0 Å². The number of nitrogens with one attached hydrogen (secondary N) is 1. The van der Waals surface area contributed by atoms with Crippen molar-refractivity contribution in [1.82, 2.24) is 9.83 Å². The molecule has 0 saturated carbocycles. The number of hydrogen-bond donors (Lipinski definition) is 1. The third-order valence-electron chi connectivity index (χ3n) is 5.57. The fourth-order valence-corrected chi connectivity index (χ4v) is 4.04. The van der Waals surface area contributed by atoms with Crippen molar-refractivity contribution in [3.8, 4) is 0 Å². The summed E-state index contributed by atoms with van der Waals surface area (Å²) >= 11 is 0. The van der Waals surface area contributed by atoms with Crippen molar-refractivity contribution in [1.29, 1.82) is 0 Å². The Morgan fingerprint density at radius 2 is 1.88 bits per heavy atom. The highest BCUT2D eigenvalue weighted by Gasteiger charge is 2.13. The van der Waals surface area contributed by atoms with Gasteiger partial charge in [-0.1, -0.05) is 6.07 Å². The second-order valence-corrected chi connectivity index (χ2v) is 7.94. The molecule has 0 atom stereocenters. The highest BCUT2D eigenvalue weighted by molar-refractivity contribution is 5.98. The van der Waals surface area contributed by atoms with Crippen LogP contribution in [0.4, 0.5) is 0 Å². The molecule has 0 fully saturated rings. The number of aromatic nitrogens is 1. The number of hydrazone groups is 1. The molecule has 1 amide bonds. The lowest BCUT2D eigenvalue weighted by Crippen LogP contribution is -2.19. The SMILES string of the molecule is Cc1cc(C)c2c(=O)c(/C=N/NC(=O)c3ccc4c(=O)oc5ccc(C)n5c4c3)coc2c1. The van der Waals surface area contributed by atoms with E-state index < -0.39 is 11.5 Å².